The third-order valence-corrected chi connectivity index (χ3v) is 0.904. The Morgan fingerprint density at radius 2 is 2.17 bits per heavy atom. The molecule has 0 radical (unpaired) electrons. The van der Waals surface area contributed by atoms with Crippen molar-refractivity contribution in [3.63, 3.8) is 0 Å². The second-order valence-corrected chi connectivity index (χ2v) is 1.74. The number of carbonyl (C=O) groups is 2. The Morgan fingerprint density at radius 3 is 2.58 bits per heavy atom. The minimum absolute atomic E-state index is 0.191. The fraction of sp³-hybridized carbons (Fsp3) is 0.143. The summed E-state index contributed by atoms with van der Waals surface area (Å²) in [4.78, 5) is 20.7. The first-order chi connectivity index (χ1) is 5.59. The summed E-state index contributed by atoms with van der Waals surface area (Å²) in [6.45, 7) is 2.64. The van der Waals surface area contributed by atoms with Crippen LogP contribution in [0.1, 0.15) is 0 Å². The zero-order valence-corrected chi connectivity index (χ0v) is 6.12. The molecule has 0 spiro atoms. The number of carboxylic acids is 1. The zero-order valence-electron chi connectivity index (χ0n) is 6.12. The maximum absolute atomic E-state index is 11.3. The summed E-state index contributed by atoms with van der Waals surface area (Å²) >= 11 is 0. The SMILES string of the molecule is C=C(C(=O)O)C(=O)OCC=CF. The summed E-state index contributed by atoms with van der Waals surface area (Å²) in [6, 6.07) is 0. The Hall–Kier alpha value is -1.65. The molecule has 1 N–H and O–H groups in total. The lowest BCUT2D eigenvalue weighted by molar-refractivity contribution is -0.143. The number of carboxylic acid groups (broad SMARTS) is 1. The number of carbonyl (C=O) groups excluding carboxylic acids is 1. The minimum Gasteiger partial charge on any atom is -0.477 e. The predicted octanol–water partition coefficient (Wildman–Crippen LogP) is 0.654. The topological polar surface area (TPSA) is 63.6 Å². The fourth-order valence-corrected chi connectivity index (χ4v) is 0.335. The van der Waals surface area contributed by atoms with Gasteiger partial charge in [-0.3, -0.25) is 0 Å². The molecule has 0 aliphatic carbocycles. The molecule has 0 amide bonds. The van der Waals surface area contributed by atoms with Crippen LogP contribution < -0.4 is 0 Å². The lowest BCUT2D eigenvalue weighted by Crippen LogP contribution is -2.14. The molecule has 0 aromatic heterocycles. The summed E-state index contributed by atoms with van der Waals surface area (Å²) in [5, 5.41) is 8.22. The van der Waals surface area contributed by atoms with Crippen molar-refractivity contribution in [1.82, 2.24) is 0 Å². The Bertz CT molecular complexity index is 232. The van der Waals surface area contributed by atoms with Gasteiger partial charge in [-0.15, -0.1) is 0 Å². The van der Waals surface area contributed by atoms with Gasteiger partial charge in [-0.25, -0.2) is 14.0 Å². The van der Waals surface area contributed by atoms with Gasteiger partial charge in [-0.05, 0) is 6.08 Å². The van der Waals surface area contributed by atoms with E-state index in [1.165, 1.54) is 0 Å². The van der Waals surface area contributed by atoms with Crippen LogP contribution in [0.2, 0.25) is 0 Å². The number of hydrogen-bond acceptors (Lipinski definition) is 3. The Labute approximate surface area is 67.9 Å². The summed E-state index contributed by atoms with van der Waals surface area (Å²) in [5.74, 6) is -2.52. The summed E-state index contributed by atoms with van der Waals surface area (Å²) in [6.07, 6.45) is 1.11. The molecule has 0 aliphatic heterocycles. The molecule has 0 aliphatic rings. The van der Waals surface area contributed by atoms with Crippen molar-refractivity contribution in [1.29, 1.82) is 0 Å². The number of ether oxygens (including phenoxy) is 1. The molecule has 0 saturated carbocycles. The predicted molar refractivity (Wildman–Crippen MR) is 38.0 cm³/mol. The number of rotatable bonds is 4. The molecule has 0 rings (SSSR count). The van der Waals surface area contributed by atoms with Gasteiger partial charge in [0, 0.05) is 0 Å². The molecule has 0 aromatic carbocycles. The van der Waals surface area contributed by atoms with Crippen LogP contribution in [0.5, 0.6) is 0 Å². The molecule has 0 atom stereocenters. The van der Waals surface area contributed by atoms with E-state index < -0.39 is 17.5 Å². The highest BCUT2D eigenvalue weighted by Gasteiger charge is 2.14. The van der Waals surface area contributed by atoms with Crippen LogP contribution in [0, 0.1) is 0 Å². The van der Waals surface area contributed by atoms with Crippen molar-refractivity contribution >= 4 is 11.9 Å². The normalized spacial score (nSPS) is 9.75. The largest absolute Gasteiger partial charge is 0.477 e. The smallest absolute Gasteiger partial charge is 0.345 e. The summed E-state index contributed by atoms with van der Waals surface area (Å²) in [7, 11) is 0. The number of esters is 1. The molecular weight excluding hydrogens is 167 g/mol. The van der Waals surface area contributed by atoms with E-state index in [9.17, 15) is 14.0 Å². The second-order valence-electron chi connectivity index (χ2n) is 1.74. The highest BCUT2D eigenvalue weighted by atomic mass is 19.1. The number of hydrogen-bond donors (Lipinski definition) is 1. The molecule has 12 heavy (non-hydrogen) atoms. The van der Waals surface area contributed by atoms with Gasteiger partial charge < -0.3 is 9.84 Å². The molecular formula is C7H7FO4. The van der Waals surface area contributed by atoms with Crippen molar-refractivity contribution in [2.24, 2.45) is 0 Å². The van der Waals surface area contributed by atoms with Crippen molar-refractivity contribution in [2.75, 3.05) is 6.61 Å². The van der Waals surface area contributed by atoms with E-state index in [0.717, 1.165) is 6.08 Å². The van der Waals surface area contributed by atoms with E-state index >= 15 is 0 Å². The average molecular weight is 174 g/mol. The third-order valence-electron chi connectivity index (χ3n) is 0.904. The highest BCUT2D eigenvalue weighted by Crippen LogP contribution is 1.94. The first-order valence-electron chi connectivity index (χ1n) is 2.94. The molecule has 0 fully saturated rings. The maximum Gasteiger partial charge on any atom is 0.345 e. The van der Waals surface area contributed by atoms with Gasteiger partial charge >= 0.3 is 11.9 Å². The molecule has 4 nitrogen and oxygen atoms in total. The molecule has 0 saturated heterocycles. The van der Waals surface area contributed by atoms with Crippen LogP contribution in [0.15, 0.2) is 24.6 Å². The molecule has 0 heterocycles. The van der Waals surface area contributed by atoms with Gasteiger partial charge in [0.25, 0.3) is 0 Å². The van der Waals surface area contributed by atoms with Crippen molar-refractivity contribution in [3.8, 4) is 0 Å². The van der Waals surface area contributed by atoms with E-state index in [1.54, 1.807) is 0 Å². The van der Waals surface area contributed by atoms with E-state index in [2.05, 4.69) is 11.3 Å². The van der Waals surface area contributed by atoms with Gasteiger partial charge in [0.15, 0.2) is 0 Å². The molecule has 66 valence electrons. The monoisotopic (exact) mass is 174 g/mol. The van der Waals surface area contributed by atoms with Crippen LogP contribution in [-0.2, 0) is 14.3 Å². The lowest BCUT2D eigenvalue weighted by Gasteiger charge is -1.99. The Balaban J connectivity index is 3.89. The van der Waals surface area contributed by atoms with E-state index in [4.69, 9.17) is 5.11 Å². The summed E-state index contributed by atoms with van der Waals surface area (Å²) in [5.41, 5.74) is -0.678. The van der Waals surface area contributed by atoms with Crippen LogP contribution >= 0.6 is 0 Å². The van der Waals surface area contributed by atoms with Crippen LogP contribution in [0.25, 0.3) is 0 Å². The third kappa shape index (κ3) is 3.50. The van der Waals surface area contributed by atoms with Crippen molar-refractivity contribution in [3.05, 3.63) is 24.6 Å². The van der Waals surface area contributed by atoms with Gasteiger partial charge in [0.05, 0.1) is 6.33 Å². The summed E-state index contributed by atoms with van der Waals surface area (Å²) < 4.78 is 15.6. The highest BCUT2D eigenvalue weighted by molar-refractivity contribution is 6.12. The molecule has 0 unspecified atom stereocenters. The van der Waals surface area contributed by atoms with E-state index in [1.807, 2.05) is 0 Å². The standard InChI is InChI=1S/C7H7FO4/c1-5(6(9)10)7(11)12-4-2-3-8/h2-3H,1,4H2,(H,9,10). The van der Waals surface area contributed by atoms with Crippen LogP contribution in [0.4, 0.5) is 4.39 Å². The Kier molecular flexibility index (Phi) is 4.36. The van der Waals surface area contributed by atoms with Crippen LogP contribution in [-0.4, -0.2) is 23.7 Å². The van der Waals surface area contributed by atoms with E-state index in [0.29, 0.717) is 0 Å². The van der Waals surface area contributed by atoms with Crippen molar-refractivity contribution < 1.29 is 23.8 Å². The first kappa shape index (κ1) is 10.3. The Morgan fingerprint density at radius 1 is 1.58 bits per heavy atom. The van der Waals surface area contributed by atoms with Crippen molar-refractivity contribution in [2.45, 2.75) is 0 Å². The molecule has 0 aromatic rings. The fourth-order valence-electron chi connectivity index (χ4n) is 0.335. The maximum atomic E-state index is 11.3. The van der Waals surface area contributed by atoms with E-state index in [-0.39, 0.29) is 12.9 Å². The lowest BCUT2D eigenvalue weighted by atomic mass is 10.3. The van der Waals surface area contributed by atoms with Gasteiger partial charge in [-0.2, -0.15) is 0 Å². The average Bonchev–Trinajstić information content (AvgIpc) is 2.03. The second kappa shape index (κ2) is 5.06. The van der Waals surface area contributed by atoms with Gasteiger partial charge in [0.2, 0.25) is 0 Å². The van der Waals surface area contributed by atoms with Gasteiger partial charge in [0.1, 0.15) is 12.2 Å². The molecule has 0 bridgehead atoms. The van der Waals surface area contributed by atoms with Crippen LogP contribution in [0.3, 0.4) is 0 Å². The number of halogens is 1. The zero-order chi connectivity index (χ0) is 9.56. The molecule has 5 heteroatoms. The number of aliphatic carboxylic acids is 1. The minimum atomic E-state index is -1.45. The van der Waals surface area contributed by atoms with Gasteiger partial charge in [-0.1, -0.05) is 6.58 Å². The quantitative estimate of drug-likeness (QED) is 0.294. The first-order valence-corrected chi connectivity index (χ1v) is 2.94.